The Morgan fingerprint density at radius 3 is 2.37 bits per heavy atom. The van der Waals surface area contributed by atoms with Crippen LogP contribution < -0.4 is 19.6 Å². The summed E-state index contributed by atoms with van der Waals surface area (Å²) in [6.07, 6.45) is 1.84. The van der Waals surface area contributed by atoms with E-state index in [1.165, 1.54) is 16.9 Å². The Morgan fingerprint density at radius 1 is 1.05 bits per heavy atom. The molecule has 41 heavy (non-hydrogen) atoms. The number of benzene rings is 3. The zero-order valence-electron chi connectivity index (χ0n) is 23.4. The summed E-state index contributed by atoms with van der Waals surface area (Å²) in [6, 6.07) is 22.5. The molecule has 210 valence electrons. The topological polar surface area (TPSA) is 69.9 Å². The van der Waals surface area contributed by atoms with Gasteiger partial charge in [0.1, 0.15) is 12.4 Å². The molecule has 1 aliphatic rings. The van der Waals surface area contributed by atoms with Crippen LogP contribution in [0.4, 0.5) is 0 Å². The Bertz CT molecular complexity index is 1770. The molecule has 0 N–H and O–H groups in total. The van der Waals surface area contributed by atoms with Crippen molar-refractivity contribution in [1.29, 1.82) is 0 Å². The van der Waals surface area contributed by atoms with Crippen LogP contribution in [0.3, 0.4) is 0 Å². The summed E-state index contributed by atoms with van der Waals surface area (Å²) < 4.78 is 13.4. The van der Waals surface area contributed by atoms with E-state index in [4.69, 9.17) is 21.1 Å². The average molecular weight is 587 g/mol. The molecule has 1 aromatic heterocycles. The van der Waals surface area contributed by atoms with E-state index < -0.39 is 12.0 Å². The molecule has 0 saturated heterocycles. The van der Waals surface area contributed by atoms with Gasteiger partial charge in [0.25, 0.3) is 5.56 Å². The van der Waals surface area contributed by atoms with Crippen LogP contribution in [-0.4, -0.2) is 17.1 Å². The summed E-state index contributed by atoms with van der Waals surface area (Å²) in [6.45, 7) is 8.48. The van der Waals surface area contributed by atoms with Crippen molar-refractivity contribution in [3.8, 4) is 5.75 Å². The van der Waals surface area contributed by atoms with Crippen LogP contribution >= 0.6 is 22.9 Å². The third-order valence-corrected chi connectivity index (χ3v) is 8.17. The minimum absolute atomic E-state index is 0.205. The first kappa shape index (κ1) is 28.6. The van der Waals surface area contributed by atoms with Crippen molar-refractivity contribution in [2.45, 2.75) is 46.3 Å². The zero-order chi connectivity index (χ0) is 29.1. The van der Waals surface area contributed by atoms with E-state index in [2.05, 4.69) is 18.8 Å². The highest BCUT2D eigenvalue weighted by atomic mass is 35.5. The normalized spacial score (nSPS) is 15.1. The van der Waals surface area contributed by atoms with Crippen LogP contribution in [0.2, 0.25) is 5.02 Å². The van der Waals surface area contributed by atoms with Crippen LogP contribution in [0.15, 0.2) is 93.9 Å². The molecule has 0 spiro atoms. The largest absolute Gasteiger partial charge is 0.489 e. The summed E-state index contributed by atoms with van der Waals surface area (Å²) in [5.41, 5.74) is 4.62. The lowest BCUT2D eigenvalue weighted by molar-refractivity contribution is -0.139. The predicted octanol–water partition coefficient (Wildman–Crippen LogP) is 6.15. The molecule has 1 aliphatic heterocycles. The van der Waals surface area contributed by atoms with Gasteiger partial charge in [-0.25, -0.2) is 9.79 Å². The van der Waals surface area contributed by atoms with Crippen LogP contribution in [0.1, 0.15) is 61.9 Å². The number of rotatable bonds is 8. The number of carbonyl (C=O) groups excluding carboxylic acids is 1. The maximum Gasteiger partial charge on any atom is 0.338 e. The number of hydrogen-bond acceptors (Lipinski definition) is 6. The van der Waals surface area contributed by atoms with Crippen LogP contribution in [0, 0.1) is 0 Å². The van der Waals surface area contributed by atoms with Crippen molar-refractivity contribution in [3.63, 3.8) is 0 Å². The second kappa shape index (κ2) is 12.3. The van der Waals surface area contributed by atoms with Crippen molar-refractivity contribution < 1.29 is 14.3 Å². The highest BCUT2D eigenvalue weighted by Gasteiger charge is 2.33. The maximum absolute atomic E-state index is 13.8. The molecule has 3 aromatic carbocycles. The van der Waals surface area contributed by atoms with Gasteiger partial charge in [-0.15, -0.1) is 0 Å². The molecular weight excluding hydrogens is 556 g/mol. The Balaban J connectivity index is 1.49. The summed E-state index contributed by atoms with van der Waals surface area (Å²) in [5.74, 6) is 0.621. The van der Waals surface area contributed by atoms with Crippen LogP contribution in [0.25, 0.3) is 6.08 Å². The lowest BCUT2D eigenvalue weighted by Gasteiger charge is -2.25. The first-order valence-electron chi connectivity index (χ1n) is 13.5. The van der Waals surface area contributed by atoms with Gasteiger partial charge in [0.15, 0.2) is 4.80 Å². The van der Waals surface area contributed by atoms with Gasteiger partial charge in [-0.1, -0.05) is 85.3 Å². The SMILES string of the molecule is CCOC(=O)C1=C(C)N=c2s/c(=C\c3ccc(OCc4ccc(Cl)cc4)cc3)c(=O)n2[C@@H]1c1ccc(C(C)C)cc1. The van der Waals surface area contributed by atoms with Gasteiger partial charge >= 0.3 is 5.97 Å². The first-order chi connectivity index (χ1) is 19.7. The maximum atomic E-state index is 13.8. The van der Waals surface area contributed by atoms with Gasteiger partial charge in [0.05, 0.1) is 28.5 Å². The third-order valence-electron chi connectivity index (χ3n) is 6.93. The number of fused-ring (bicyclic) bond motifs is 1. The number of allylic oxidation sites excluding steroid dienone is 1. The van der Waals surface area contributed by atoms with Gasteiger partial charge in [-0.3, -0.25) is 9.36 Å². The molecule has 0 unspecified atom stereocenters. The third kappa shape index (κ3) is 6.21. The molecule has 0 radical (unpaired) electrons. The Kier molecular flexibility index (Phi) is 8.57. The lowest BCUT2D eigenvalue weighted by Crippen LogP contribution is -2.39. The number of esters is 1. The molecule has 0 aliphatic carbocycles. The fourth-order valence-electron chi connectivity index (χ4n) is 4.73. The van der Waals surface area contributed by atoms with Crippen LogP contribution in [0.5, 0.6) is 5.75 Å². The molecule has 0 amide bonds. The molecule has 2 heterocycles. The molecule has 5 rings (SSSR count). The van der Waals surface area contributed by atoms with Gasteiger partial charge in [-0.2, -0.15) is 0 Å². The summed E-state index contributed by atoms with van der Waals surface area (Å²) >= 11 is 7.26. The lowest BCUT2D eigenvalue weighted by atomic mass is 9.93. The van der Waals surface area contributed by atoms with Crippen molar-refractivity contribution in [2.75, 3.05) is 6.61 Å². The second-order valence-corrected chi connectivity index (χ2v) is 11.6. The molecule has 0 bridgehead atoms. The molecule has 8 heteroatoms. The van der Waals surface area contributed by atoms with Crippen molar-refractivity contribution in [3.05, 3.63) is 131 Å². The predicted molar refractivity (Wildman–Crippen MR) is 163 cm³/mol. The fraction of sp³-hybridized carbons (Fsp3) is 0.242. The highest BCUT2D eigenvalue weighted by molar-refractivity contribution is 7.07. The van der Waals surface area contributed by atoms with Gasteiger partial charge < -0.3 is 9.47 Å². The average Bonchev–Trinajstić information content (AvgIpc) is 3.26. The minimum atomic E-state index is -0.627. The fourth-order valence-corrected chi connectivity index (χ4v) is 5.90. The first-order valence-corrected chi connectivity index (χ1v) is 14.7. The Labute approximate surface area is 247 Å². The molecule has 0 fully saturated rings. The summed E-state index contributed by atoms with van der Waals surface area (Å²) in [4.78, 5) is 32.1. The Morgan fingerprint density at radius 2 is 1.73 bits per heavy atom. The van der Waals surface area contributed by atoms with Crippen molar-refractivity contribution >= 4 is 35.0 Å². The van der Waals surface area contributed by atoms with Gasteiger partial charge in [-0.05, 0) is 72.4 Å². The van der Waals surface area contributed by atoms with Crippen LogP contribution in [-0.2, 0) is 16.1 Å². The summed E-state index contributed by atoms with van der Waals surface area (Å²) in [7, 11) is 0. The van der Waals surface area contributed by atoms with Gasteiger partial charge in [0.2, 0.25) is 0 Å². The number of nitrogens with zero attached hydrogens (tertiary/aromatic N) is 2. The number of halogens is 1. The zero-order valence-corrected chi connectivity index (χ0v) is 25.0. The van der Waals surface area contributed by atoms with Crippen molar-refractivity contribution in [2.24, 2.45) is 4.99 Å². The highest BCUT2D eigenvalue weighted by Crippen LogP contribution is 2.31. The number of carbonyl (C=O) groups is 1. The number of ether oxygens (including phenoxy) is 2. The van der Waals surface area contributed by atoms with E-state index in [0.717, 1.165) is 22.4 Å². The van der Waals surface area contributed by atoms with Gasteiger partial charge in [0, 0.05) is 5.02 Å². The van der Waals surface area contributed by atoms with E-state index in [0.29, 0.717) is 38.2 Å². The van der Waals surface area contributed by atoms with E-state index in [1.54, 1.807) is 18.4 Å². The number of hydrogen-bond donors (Lipinski definition) is 0. The van der Waals surface area contributed by atoms with E-state index in [-0.39, 0.29) is 12.2 Å². The quantitative estimate of drug-likeness (QED) is 0.232. The minimum Gasteiger partial charge on any atom is -0.489 e. The van der Waals surface area contributed by atoms with E-state index in [1.807, 2.05) is 78.9 Å². The van der Waals surface area contributed by atoms with Crippen molar-refractivity contribution in [1.82, 2.24) is 4.57 Å². The Hall–Kier alpha value is -3.94. The number of thiazole rings is 1. The number of aromatic nitrogens is 1. The smallest absolute Gasteiger partial charge is 0.338 e. The molecule has 6 nitrogen and oxygen atoms in total. The monoisotopic (exact) mass is 586 g/mol. The molecular formula is C33H31ClN2O4S. The second-order valence-electron chi connectivity index (χ2n) is 10.1. The molecule has 1 atom stereocenters. The molecule has 0 saturated carbocycles. The molecule has 4 aromatic rings. The van der Waals surface area contributed by atoms with E-state index in [9.17, 15) is 9.59 Å². The summed E-state index contributed by atoms with van der Waals surface area (Å²) in [5, 5.41) is 0.686. The van der Waals surface area contributed by atoms with E-state index >= 15 is 0 Å². The standard InChI is InChI=1S/C33H31ClN2O4S/c1-5-39-32(38)29-21(4)35-33-36(30(29)25-12-10-24(11-13-25)20(2)3)31(37)28(41-33)18-22-8-16-27(17-9-22)40-19-23-6-14-26(34)15-7-23/h6-18,20,30H,5,19H2,1-4H3/b28-18-/t30-/m1/s1.